The van der Waals surface area contributed by atoms with E-state index in [4.69, 9.17) is 15.1 Å². The second-order valence-corrected chi connectivity index (χ2v) is 9.10. The van der Waals surface area contributed by atoms with Gasteiger partial charge in [0.1, 0.15) is 0 Å². The van der Waals surface area contributed by atoms with E-state index in [1.807, 2.05) is 26.1 Å². The summed E-state index contributed by atoms with van der Waals surface area (Å²) >= 11 is 0. The van der Waals surface area contributed by atoms with Crippen molar-refractivity contribution in [3.8, 4) is 0 Å². The zero-order valence-corrected chi connectivity index (χ0v) is 22.9. The van der Waals surface area contributed by atoms with Crippen LogP contribution >= 0.6 is 0 Å². The van der Waals surface area contributed by atoms with Crippen molar-refractivity contribution in [1.82, 2.24) is 0 Å². The van der Waals surface area contributed by atoms with Gasteiger partial charge in [-0.2, -0.15) is 0 Å². The van der Waals surface area contributed by atoms with Crippen LogP contribution in [-0.4, -0.2) is 23.6 Å². The SMILES string of the molecule is C=C/C(=C\N=C(C)C1CC(C)CC(C)C1)C1=CC2=C(CC=C1)CC(C)=N2.CC.CCC.CO.[HH].[HH]. The van der Waals surface area contributed by atoms with Gasteiger partial charge in [0.15, 0.2) is 0 Å². The largest absolute Gasteiger partial charge is 0.400 e. The third-order valence-electron chi connectivity index (χ3n) is 5.83. The highest BCUT2D eigenvalue weighted by Crippen LogP contribution is 2.34. The first kappa shape index (κ1) is 31.0. The summed E-state index contributed by atoms with van der Waals surface area (Å²) in [6, 6.07) is 0. The molecule has 1 heterocycles. The van der Waals surface area contributed by atoms with Crippen LogP contribution in [0.4, 0.5) is 0 Å². The van der Waals surface area contributed by atoms with E-state index in [2.05, 4.69) is 66.3 Å². The molecule has 0 radical (unpaired) electrons. The highest BCUT2D eigenvalue weighted by molar-refractivity contribution is 5.89. The standard InChI is InChI=1S/C24H32N2.C3H8.C2H6.CH4O.2H2/c1-6-20(15-25-19(5)23-11-16(2)10-17(3)12-23)21-8-7-9-22-13-18(4)26-24(22)14-21;1-3-2;2*1-2;;/h6-8,14-17,23H,1,9-13H2,2-5H3;3H2,1-2H3;1-2H3;2H,1H3;2*1H/b20-15+,25-19?;;;;;. The molecular formula is C30H54N2O. The summed E-state index contributed by atoms with van der Waals surface area (Å²) in [4.78, 5) is 9.56. The van der Waals surface area contributed by atoms with Crippen LogP contribution in [0.15, 0.2) is 69.5 Å². The first-order valence-electron chi connectivity index (χ1n) is 12.8. The fourth-order valence-electron chi connectivity index (χ4n) is 4.55. The van der Waals surface area contributed by atoms with Gasteiger partial charge in [-0.25, -0.2) is 0 Å². The Hall–Kier alpha value is -2.00. The van der Waals surface area contributed by atoms with Crippen LogP contribution in [0.1, 0.15) is 96.8 Å². The Morgan fingerprint density at radius 3 is 2.30 bits per heavy atom. The minimum Gasteiger partial charge on any atom is -0.400 e. The second-order valence-electron chi connectivity index (χ2n) is 9.10. The van der Waals surface area contributed by atoms with Crippen molar-refractivity contribution in [3.05, 3.63) is 59.5 Å². The molecule has 2 atom stereocenters. The maximum Gasteiger partial charge on any atom is 0.0634 e. The molecule has 0 saturated heterocycles. The lowest BCUT2D eigenvalue weighted by atomic mass is 9.75. The highest BCUT2D eigenvalue weighted by atomic mass is 16.2. The molecule has 3 rings (SSSR count). The number of aliphatic hydroxyl groups is 1. The Morgan fingerprint density at radius 1 is 1.18 bits per heavy atom. The van der Waals surface area contributed by atoms with Crippen molar-refractivity contribution in [1.29, 1.82) is 0 Å². The van der Waals surface area contributed by atoms with Crippen molar-refractivity contribution >= 4 is 11.4 Å². The van der Waals surface area contributed by atoms with Gasteiger partial charge in [0.25, 0.3) is 0 Å². The highest BCUT2D eigenvalue weighted by Gasteiger charge is 2.25. The third kappa shape index (κ3) is 10.6. The first-order valence-corrected chi connectivity index (χ1v) is 12.8. The Balaban J connectivity index is -0.00000103. The Bertz CT molecular complexity index is 778. The smallest absolute Gasteiger partial charge is 0.0634 e. The number of allylic oxidation sites excluding steroid dienone is 7. The number of aliphatic imine (C=N–C) groups is 2. The second kappa shape index (κ2) is 17.5. The molecule has 1 aliphatic heterocycles. The van der Waals surface area contributed by atoms with E-state index in [0.29, 0.717) is 5.92 Å². The Kier molecular flexibility index (Phi) is 16.4. The molecule has 33 heavy (non-hydrogen) atoms. The lowest BCUT2D eigenvalue weighted by Crippen LogP contribution is -2.24. The summed E-state index contributed by atoms with van der Waals surface area (Å²) in [5.41, 5.74) is 7.25. The Morgan fingerprint density at radius 2 is 1.76 bits per heavy atom. The number of aliphatic hydroxyl groups excluding tert-OH is 1. The molecule has 0 spiro atoms. The average Bonchev–Trinajstić information content (AvgIpc) is 3.03. The lowest BCUT2D eigenvalue weighted by Gasteiger charge is -2.31. The normalized spacial score (nSPS) is 24.5. The first-order chi connectivity index (χ1) is 15.9. The lowest BCUT2D eigenvalue weighted by molar-refractivity contribution is 0.263. The molecule has 2 aliphatic carbocycles. The van der Waals surface area contributed by atoms with E-state index in [1.54, 1.807) is 0 Å². The van der Waals surface area contributed by atoms with Crippen molar-refractivity contribution in [2.75, 3.05) is 7.11 Å². The van der Waals surface area contributed by atoms with E-state index < -0.39 is 0 Å². The predicted molar refractivity (Wildman–Crippen MR) is 153 cm³/mol. The van der Waals surface area contributed by atoms with Crippen LogP contribution in [0.2, 0.25) is 0 Å². The summed E-state index contributed by atoms with van der Waals surface area (Å²) in [5, 5.41) is 7.00. The zero-order valence-electron chi connectivity index (χ0n) is 22.9. The average molecular weight is 459 g/mol. The minimum atomic E-state index is 0. The van der Waals surface area contributed by atoms with Crippen LogP contribution < -0.4 is 0 Å². The van der Waals surface area contributed by atoms with Crippen LogP contribution in [0.3, 0.4) is 0 Å². The van der Waals surface area contributed by atoms with Gasteiger partial charge >= 0.3 is 0 Å². The quantitative estimate of drug-likeness (QED) is 0.331. The van der Waals surface area contributed by atoms with E-state index in [0.717, 1.165) is 48.6 Å². The van der Waals surface area contributed by atoms with Crippen LogP contribution in [0.5, 0.6) is 0 Å². The summed E-state index contributed by atoms with van der Waals surface area (Å²) in [6.07, 6.45) is 17.7. The zero-order chi connectivity index (χ0) is 25.4. The monoisotopic (exact) mass is 458 g/mol. The van der Waals surface area contributed by atoms with E-state index in [1.165, 1.54) is 42.7 Å². The maximum atomic E-state index is 7.00. The molecule has 0 aromatic rings. The van der Waals surface area contributed by atoms with Gasteiger partial charge in [0.05, 0.1) is 5.70 Å². The van der Waals surface area contributed by atoms with Gasteiger partial charge in [-0.1, -0.05) is 72.8 Å². The van der Waals surface area contributed by atoms with E-state index in [-0.39, 0.29) is 2.85 Å². The molecule has 3 aliphatic rings. The van der Waals surface area contributed by atoms with E-state index >= 15 is 0 Å². The number of hydrogen-bond acceptors (Lipinski definition) is 3. The molecule has 1 saturated carbocycles. The minimum absolute atomic E-state index is 0. The summed E-state index contributed by atoms with van der Waals surface area (Å²) < 4.78 is 0. The number of rotatable bonds is 4. The van der Waals surface area contributed by atoms with Crippen molar-refractivity contribution < 1.29 is 7.96 Å². The Labute approximate surface area is 207 Å². The third-order valence-corrected chi connectivity index (χ3v) is 5.83. The van der Waals surface area contributed by atoms with Crippen LogP contribution in [0.25, 0.3) is 0 Å². The molecule has 3 nitrogen and oxygen atoms in total. The molecule has 0 bridgehead atoms. The van der Waals surface area contributed by atoms with Gasteiger partial charge in [-0.3, -0.25) is 9.98 Å². The molecular weight excluding hydrogens is 404 g/mol. The van der Waals surface area contributed by atoms with Crippen molar-refractivity contribution in [2.45, 2.75) is 93.9 Å². The van der Waals surface area contributed by atoms with Crippen LogP contribution in [0, 0.1) is 17.8 Å². The molecule has 0 amide bonds. The molecule has 2 unspecified atom stereocenters. The van der Waals surface area contributed by atoms with Gasteiger partial charge < -0.3 is 5.11 Å². The molecule has 0 aromatic heterocycles. The molecule has 0 aromatic carbocycles. The molecule has 1 N–H and O–H groups in total. The van der Waals surface area contributed by atoms with Gasteiger partial charge in [0.2, 0.25) is 0 Å². The maximum absolute atomic E-state index is 7.00. The number of nitrogens with zero attached hydrogens (tertiary/aromatic N) is 2. The van der Waals surface area contributed by atoms with Gasteiger partial charge in [-0.15, -0.1) is 0 Å². The molecule has 3 heteroatoms. The van der Waals surface area contributed by atoms with E-state index in [9.17, 15) is 0 Å². The van der Waals surface area contributed by atoms with Crippen molar-refractivity contribution in [2.24, 2.45) is 27.7 Å². The molecule has 190 valence electrons. The summed E-state index contributed by atoms with van der Waals surface area (Å²) in [6.45, 7) is 21.3. The molecule has 1 fully saturated rings. The topological polar surface area (TPSA) is 45.0 Å². The van der Waals surface area contributed by atoms with Gasteiger partial charge in [0, 0.05) is 34.0 Å². The summed E-state index contributed by atoms with van der Waals surface area (Å²) in [5.74, 6) is 2.22. The number of hydrogen-bond donors (Lipinski definition) is 1. The van der Waals surface area contributed by atoms with Crippen LogP contribution in [-0.2, 0) is 0 Å². The predicted octanol–water partition coefficient (Wildman–Crippen LogP) is 9.14. The van der Waals surface area contributed by atoms with Crippen molar-refractivity contribution in [3.63, 3.8) is 0 Å². The fourth-order valence-corrected chi connectivity index (χ4v) is 4.55. The fraction of sp³-hybridized carbons (Fsp3) is 0.600. The van der Waals surface area contributed by atoms with Gasteiger partial charge in [-0.05, 0) is 80.1 Å². The summed E-state index contributed by atoms with van der Waals surface area (Å²) in [7, 11) is 1.00.